The minimum atomic E-state index is -1.69. The highest BCUT2D eigenvalue weighted by atomic mass is 16.5. The summed E-state index contributed by atoms with van der Waals surface area (Å²) in [6.07, 6.45) is 8.88. The maximum absolute atomic E-state index is 13.5. The number of aliphatic hydroxyl groups is 2. The first-order valence-corrected chi connectivity index (χ1v) is 14.7. The molecule has 42 heavy (non-hydrogen) atoms. The lowest BCUT2D eigenvalue weighted by Gasteiger charge is -2.59. The number of allylic oxidation sites excluding steroid dienone is 4. The molecule has 0 saturated heterocycles. The minimum Gasteiger partial charge on any atom is -0.457 e. The van der Waals surface area contributed by atoms with Gasteiger partial charge in [-0.15, -0.1) is 0 Å². The molecule has 6 unspecified atom stereocenters. The van der Waals surface area contributed by atoms with Crippen LogP contribution < -0.4 is 4.74 Å². The van der Waals surface area contributed by atoms with Crippen LogP contribution in [0, 0.1) is 28.6 Å². The Kier molecular flexibility index (Phi) is 7.18. The largest absolute Gasteiger partial charge is 0.457 e. The highest BCUT2D eigenvalue weighted by molar-refractivity contribution is 6.01. The van der Waals surface area contributed by atoms with Crippen molar-refractivity contribution in [3.8, 4) is 11.6 Å². The van der Waals surface area contributed by atoms with Crippen molar-refractivity contribution in [3.05, 3.63) is 78.0 Å². The summed E-state index contributed by atoms with van der Waals surface area (Å²) in [6, 6.07) is 12.3. The zero-order valence-corrected chi connectivity index (χ0v) is 24.0. The Hall–Kier alpha value is -3.62. The summed E-state index contributed by atoms with van der Waals surface area (Å²) in [5.74, 6) is -0.000199. The molecule has 8 nitrogen and oxygen atoms in total. The number of fused-ring (bicyclic) bond motifs is 5. The average molecular weight is 572 g/mol. The number of aliphatic hydroxyl groups excluding tert-OH is 1. The van der Waals surface area contributed by atoms with Crippen LogP contribution in [0.5, 0.6) is 11.6 Å². The van der Waals surface area contributed by atoms with Gasteiger partial charge in [0.25, 0.3) is 0 Å². The first-order chi connectivity index (χ1) is 20.0. The second kappa shape index (κ2) is 10.6. The summed E-state index contributed by atoms with van der Waals surface area (Å²) in [5.41, 5.74) is -1.19. The molecule has 220 valence electrons. The normalized spacial score (nSPS) is 35.0. The van der Waals surface area contributed by atoms with E-state index in [1.165, 1.54) is 0 Å². The van der Waals surface area contributed by atoms with Crippen LogP contribution in [-0.2, 0) is 25.5 Å². The van der Waals surface area contributed by atoms with E-state index in [1.807, 2.05) is 19.1 Å². The summed E-state index contributed by atoms with van der Waals surface area (Å²) in [5, 5.41) is 23.4. The van der Waals surface area contributed by atoms with Gasteiger partial charge in [-0.25, -0.2) is 4.98 Å². The number of Topliss-reactive ketones (excluding diaryl/α,β-unsaturated/α-hetero) is 1. The van der Waals surface area contributed by atoms with E-state index in [1.54, 1.807) is 54.7 Å². The smallest absolute Gasteiger partial charge is 0.310 e. The Morgan fingerprint density at radius 2 is 1.88 bits per heavy atom. The first kappa shape index (κ1) is 28.5. The van der Waals surface area contributed by atoms with E-state index in [0.29, 0.717) is 23.6 Å². The summed E-state index contributed by atoms with van der Waals surface area (Å²) < 4.78 is 11.0. The Balaban J connectivity index is 1.09. The van der Waals surface area contributed by atoms with E-state index >= 15 is 0 Å². The van der Waals surface area contributed by atoms with Crippen molar-refractivity contribution < 1.29 is 34.1 Å². The number of nitrogens with zero attached hydrogens (tertiary/aromatic N) is 1. The maximum atomic E-state index is 13.5. The predicted octanol–water partition coefficient (Wildman–Crippen LogP) is 4.54. The van der Waals surface area contributed by atoms with Crippen LogP contribution in [0.2, 0.25) is 0 Å². The lowest BCUT2D eigenvalue weighted by Crippen LogP contribution is -2.61. The molecular formula is C34H37NO7. The third kappa shape index (κ3) is 4.71. The van der Waals surface area contributed by atoms with Gasteiger partial charge in [0.05, 0.1) is 12.5 Å². The SMILES string of the molecule is CC12C=CC(=O)C=C1CCC1C2C(O)CC2(C)C1CC[C@]2(O)C(=O)COC(=O)Cc1ccc(Oc2ccccn2)cc1. The average Bonchev–Trinajstić information content (AvgIpc) is 3.24. The monoisotopic (exact) mass is 571 g/mol. The van der Waals surface area contributed by atoms with Crippen LogP contribution >= 0.6 is 0 Å². The number of hydrogen-bond donors (Lipinski definition) is 2. The van der Waals surface area contributed by atoms with Gasteiger partial charge in [0.1, 0.15) is 11.4 Å². The number of esters is 1. The highest BCUT2D eigenvalue weighted by Gasteiger charge is 2.68. The lowest BCUT2D eigenvalue weighted by molar-refractivity contribution is -0.181. The van der Waals surface area contributed by atoms with E-state index < -0.39 is 40.9 Å². The van der Waals surface area contributed by atoms with Gasteiger partial charge in [-0.05, 0) is 79.9 Å². The van der Waals surface area contributed by atoms with Crippen LogP contribution in [0.1, 0.15) is 51.5 Å². The van der Waals surface area contributed by atoms with Gasteiger partial charge in [0, 0.05) is 29.0 Å². The van der Waals surface area contributed by atoms with Crippen molar-refractivity contribution in [1.82, 2.24) is 4.98 Å². The molecule has 2 aromatic rings. The van der Waals surface area contributed by atoms with Gasteiger partial charge in [0.2, 0.25) is 11.7 Å². The standard InChI is InChI=1S/C34H37NO7/c1-32-14-12-23(36)18-22(32)8-11-25-26-13-15-34(40,33(26,2)19-27(37)31(25)32)28(38)20-41-30(39)17-21-6-9-24(10-7-21)42-29-5-3-4-16-35-29/h3-7,9-10,12,14,16,18,25-27,31,37,40H,8,11,13,15,17,19-20H2,1-2H3/t25?,26?,27?,31?,32?,33?,34-/m0/s1. The molecule has 4 aliphatic carbocycles. The van der Waals surface area contributed by atoms with Gasteiger partial charge >= 0.3 is 5.97 Å². The Morgan fingerprint density at radius 1 is 1.10 bits per heavy atom. The van der Waals surface area contributed by atoms with Gasteiger partial charge in [-0.3, -0.25) is 14.4 Å². The molecule has 0 amide bonds. The zero-order chi connectivity index (χ0) is 29.7. The molecule has 7 atom stereocenters. The number of benzene rings is 1. The lowest BCUT2D eigenvalue weighted by atomic mass is 9.46. The van der Waals surface area contributed by atoms with E-state index in [9.17, 15) is 24.6 Å². The van der Waals surface area contributed by atoms with Gasteiger partial charge in [0.15, 0.2) is 12.4 Å². The van der Waals surface area contributed by atoms with Crippen LogP contribution in [0.4, 0.5) is 0 Å². The summed E-state index contributed by atoms with van der Waals surface area (Å²) >= 11 is 0. The number of ketones is 2. The minimum absolute atomic E-state index is 0.0157. The molecular weight excluding hydrogens is 534 g/mol. The van der Waals surface area contributed by atoms with Crippen LogP contribution in [0.25, 0.3) is 0 Å². The second-order valence-electron chi connectivity index (χ2n) is 12.8. The van der Waals surface area contributed by atoms with Crippen molar-refractivity contribution in [3.63, 3.8) is 0 Å². The molecule has 0 bridgehead atoms. The molecule has 4 aliphatic rings. The molecule has 2 N–H and O–H groups in total. The molecule has 1 heterocycles. The van der Waals surface area contributed by atoms with Gasteiger partial charge in [-0.1, -0.05) is 43.7 Å². The molecule has 8 heteroatoms. The molecule has 0 aliphatic heterocycles. The quantitative estimate of drug-likeness (QED) is 0.465. The fourth-order valence-electron chi connectivity index (χ4n) is 8.48. The third-order valence-corrected chi connectivity index (χ3v) is 10.6. The second-order valence-corrected chi connectivity index (χ2v) is 12.8. The molecule has 3 saturated carbocycles. The van der Waals surface area contributed by atoms with Crippen LogP contribution in [0.3, 0.4) is 0 Å². The predicted molar refractivity (Wildman–Crippen MR) is 153 cm³/mol. The fourth-order valence-corrected chi connectivity index (χ4v) is 8.48. The van der Waals surface area contributed by atoms with Crippen molar-refractivity contribution in [2.75, 3.05) is 6.61 Å². The zero-order valence-electron chi connectivity index (χ0n) is 24.0. The van der Waals surface area contributed by atoms with Crippen molar-refractivity contribution in [1.29, 1.82) is 0 Å². The van der Waals surface area contributed by atoms with E-state index in [4.69, 9.17) is 9.47 Å². The molecule has 1 aromatic carbocycles. The molecule has 1 aromatic heterocycles. The summed E-state index contributed by atoms with van der Waals surface area (Å²) in [7, 11) is 0. The van der Waals surface area contributed by atoms with Gasteiger partial charge < -0.3 is 19.7 Å². The summed E-state index contributed by atoms with van der Waals surface area (Å²) in [6.45, 7) is 3.49. The summed E-state index contributed by atoms with van der Waals surface area (Å²) in [4.78, 5) is 42.3. The first-order valence-electron chi connectivity index (χ1n) is 14.7. The Labute approximate surface area is 245 Å². The number of carbonyl (C=O) groups is 3. The van der Waals surface area contributed by atoms with Crippen molar-refractivity contribution >= 4 is 17.5 Å². The number of carbonyl (C=O) groups excluding carboxylic acids is 3. The molecule has 6 rings (SSSR count). The maximum Gasteiger partial charge on any atom is 0.310 e. The van der Waals surface area contributed by atoms with Gasteiger partial charge in [-0.2, -0.15) is 0 Å². The van der Waals surface area contributed by atoms with Crippen molar-refractivity contribution in [2.45, 2.75) is 64.1 Å². The van der Waals surface area contributed by atoms with Crippen molar-refractivity contribution in [2.24, 2.45) is 28.6 Å². The van der Waals surface area contributed by atoms with Crippen LogP contribution in [0.15, 0.2) is 72.5 Å². The Morgan fingerprint density at radius 3 is 2.62 bits per heavy atom. The topological polar surface area (TPSA) is 123 Å². The number of aromatic nitrogens is 1. The number of rotatable bonds is 7. The number of hydrogen-bond acceptors (Lipinski definition) is 8. The molecule has 0 radical (unpaired) electrons. The van der Waals surface area contributed by atoms with E-state index in [0.717, 1.165) is 18.4 Å². The molecule has 0 spiro atoms. The fraction of sp³-hybridized carbons (Fsp3) is 0.471. The number of pyridine rings is 1. The Bertz CT molecular complexity index is 1450. The van der Waals surface area contributed by atoms with E-state index in [2.05, 4.69) is 11.9 Å². The highest BCUT2D eigenvalue weighted by Crippen LogP contribution is 2.67. The third-order valence-electron chi connectivity index (χ3n) is 10.6. The number of ether oxygens (including phenoxy) is 2. The van der Waals surface area contributed by atoms with E-state index in [-0.39, 0.29) is 42.8 Å². The van der Waals surface area contributed by atoms with Crippen LogP contribution in [-0.4, -0.2) is 51.0 Å². The molecule has 3 fully saturated rings.